The zero-order valence-corrected chi connectivity index (χ0v) is 18.3. The third-order valence-electron chi connectivity index (χ3n) is 5.41. The second-order valence-corrected chi connectivity index (χ2v) is 8.82. The maximum atomic E-state index is 13.3. The van der Waals surface area contributed by atoms with Crippen molar-refractivity contribution in [2.45, 2.75) is 39.7 Å². The predicted molar refractivity (Wildman–Crippen MR) is 123 cm³/mol. The van der Waals surface area contributed by atoms with E-state index in [1.54, 1.807) is 36.4 Å². The number of hydrogen-bond donors (Lipinski definition) is 0. The highest BCUT2D eigenvalue weighted by Crippen LogP contribution is 2.22. The van der Waals surface area contributed by atoms with Crippen LogP contribution in [0, 0.1) is 12.1 Å². The highest BCUT2D eigenvalue weighted by atomic mass is 16.7. The molecule has 4 rings (SSSR count). The minimum Gasteiger partial charge on any atom is -0.618 e. The molecule has 1 aromatic heterocycles. The quantitative estimate of drug-likeness (QED) is 0.364. The zero-order valence-electron chi connectivity index (χ0n) is 18.3. The van der Waals surface area contributed by atoms with E-state index in [2.05, 4.69) is 32.9 Å². The second kappa shape index (κ2) is 7.91. The summed E-state index contributed by atoms with van der Waals surface area (Å²) in [4.78, 5) is 19.3. The Morgan fingerprint density at radius 2 is 1.58 bits per heavy atom. The van der Waals surface area contributed by atoms with Gasteiger partial charge in [0.15, 0.2) is 5.52 Å². The lowest BCUT2D eigenvalue weighted by Crippen LogP contribution is -2.42. The van der Waals surface area contributed by atoms with E-state index in [1.165, 1.54) is 10.3 Å². The van der Waals surface area contributed by atoms with Crippen LogP contribution in [-0.2, 0) is 12.0 Å². The van der Waals surface area contributed by atoms with Crippen LogP contribution in [-0.4, -0.2) is 4.73 Å². The number of fused-ring (bicyclic) bond motifs is 1. The van der Waals surface area contributed by atoms with Crippen molar-refractivity contribution in [1.82, 2.24) is 4.73 Å². The van der Waals surface area contributed by atoms with Gasteiger partial charge in [-0.05, 0) is 41.7 Å². The van der Waals surface area contributed by atoms with E-state index in [4.69, 9.17) is 4.84 Å². The molecular weight excluding hydrogens is 388 g/mol. The summed E-state index contributed by atoms with van der Waals surface area (Å²) in [6.45, 7) is 8.67. The summed E-state index contributed by atoms with van der Waals surface area (Å²) >= 11 is 0. The lowest BCUT2D eigenvalue weighted by Gasteiger charge is -2.19. The van der Waals surface area contributed by atoms with E-state index in [0.717, 1.165) is 11.1 Å². The predicted octanol–water partition coefficient (Wildman–Crippen LogP) is 4.54. The molecule has 5 heteroatoms. The van der Waals surface area contributed by atoms with Crippen molar-refractivity contribution < 1.29 is 9.57 Å². The van der Waals surface area contributed by atoms with Crippen LogP contribution in [0.4, 0.5) is 0 Å². The molecule has 0 radical (unpaired) electrons. The van der Waals surface area contributed by atoms with Crippen LogP contribution in [0.5, 0.6) is 0 Å². The van der Waals surface area contributed by atoms with Gasteiger partial charge in [0, 0.05) is 6.07 Å². The van der Waals surface area contributed by atoms with E-state index in [1.807, 2.05) is 31.2 Å². The van der Waals surface area contributed by atoms with Crippen molar-refractivity contribution in [3.05, 3.63) is 105 Å². The van der Waals surface area contributed by atoms with Gasteiger partial charge in [0.25, 0.3) is 5.69 Å². The molecule has 0 amide bonds. The molecule has 0 atom stereocenters. The Hall–Kier alpha value is -3.60. The van der Waals surface area contributed by atoms with Crippen molar-refractivity contribution >= 4 is 11.0 Å². The Balaban J connectivity index is 1.77. The van der Waals surface area contributed by atoms with Gasteiger partial charge in [-0.2, -0.15) is 4.73 Å². The second-order valence-electron chi connectivity index (χ2n) is 8.82. The van der Waals surface area contributed by atoms with E-state index >= 15 is 0 Å². The van der Waals surface area contributed by atoms with Crippen LogP contribution < -0.4 is 15.1 Å². The van der Waals surface area contributed by atoms with E-state index in [9.17, 15) is 10.0 Å². The monoisotopic (exact) mass is 414 g/mol. The topological polar surface area (TPSA) is 58.2 Å². The van der Waals surface area contributed by atoms with Crippen molar-refractivity contribution in [3.63, 3.8) is 0 Å². The molecule has 0 aliphatic carbocycles. The molecule has 0 aliphatic rings. The molecule has 158 valence electrons. The third-order valence-corrected chi connectivity index (χ3v) is 5.41. The average Bonchev–Trinajstić information content (AvgIpc) is 2.75. The molecule has 0 bridgehead atoms. The number of hydrogen-bond acceptors (Lipinski definition) is 3. The fourth-order valence-corrected chi connectivity index (χ4v) is 3.54. The molecule has 3 aromatic carbocycles. The number of aromatic nitrogens is 2. The summed E-state index contributed by atoms with van der Waals surface area (Å²) in [5, 5.41) is 13.0. The summed E-state index contributed by atoms with van der Waals surface area (Å²) in [6, 6.07) is 22.5. The molecule has 0 unspecified atom stereocenters. The number of aryl methyl sites for hydroxylation is 1. The third kappa shape index (κ3) is 4.04. The van der Waals surface area contributed by atoms with Crippen molar-refractivity contribution in [1.29, 1.82) is 0 Å². The summed E-state index contributed by atoms with van der Waals surface area (Å²) in [5.74, 6) is 0. The maximum Gasteiger partial charge on any atom is 0.357 e. The molecule has 0 saturated heterocycles. The van der Waals surface area contributed by atoms with Gasteiger partial charge < -0.3 is 10.0 Å². The van der Waals surface area contributed by atoms with Crippen LogP contribution in [0.25, 0.3) is 22.3 Å². The number of rotatable bonds is 4. The van der Waals surface area contributed by atoms with E-state index < -0.39 is 5.56 Å². The Morgan fingerprint density at radius 1 is 0.935 bits per heavy atom. The summed E-state index contributed by atoms with van der Waals surface area (Å²) < 4.78 is 1.93. The summed E-state index contributed by atoms with van der Waals surface area (Å²) in [6.07, 6.45) is 0. The fraction of sp³-hybridized carbons (Fsp3) is 0.231. The molecule has 0 aliphatic heterocycles. The largest absolute Gasteiger partial charge is 0.618 e. The molecule has 4 aromatic rings. The molecule has 0 spiro atoms. The first-order chi connectivity index (χ1) is 14.8. The first kappa shape index (κ1) is 20.7. The molecule has 31 heavy (non-hydrogen) atoms. The van der Waals surface area contributed by atoms with Gasteiger partial charge in [0.05, 0.1) is 5.56 Å². The molecule has 0 saturated carbocycles. The molecule has 1 heterocycles. The van der Waals surface area contributed by atoms with Gasteiger partial charge in [-0.1, -0.05) is 74.9 Å². The Morgan fingerprint density at radius 3 is 2.23 bits per heavy atom. The molecule has 5 nitrogen and oxygen atoms in total. The van der Waals surface area contributed by atoms with Crippen LogP contribution in [0.3, 0.4) is 0 Å². The van der Waals surface area contributed by atoms with Gasteiger partial charge in [0.2, 0.25) is 5.52 Å². The maximum absolute atomic E-state index is 13.3. The molecular formula is C26H26N2O3. The smallest absolute Gasteiger partial charge is 0.357 e. The van der Waals surface area contributed by atoms with Gasteiger partial charge in [-0.15, -0.1) is 4.73 Å². The lowest BCUT2D eigenvalue weighted by atomic mass is 9.87. The highest BCUT2D eigenvalue weighted by molar-refractivity contribution is 5.73. The number of nitrogens with zero attached hydrogens (tertiary/aromatic N) is 2. The Kier molecular flexibility index (Phi) is 5.27. The van der Waals surface area contributed by atoms with Crippen LogP contribution in [0.15, 0.2) is 77.6 Å². The molecule has 0 N–H and O–H groups in total. The Bertz CT molecular complexity index is 1280. The fourth-order valence-electron chi connectivity index (χ4n) is 3.54. The van der Waals surface area contributed by atoms with Gasteiger partial charge >= 0.3 is 5.56 Å². The minimum atomic E-state index is -0.483. The van der Waals surface area contributed by atoms with Crippen molar-refractivity contribution in [2.75, 3.05) is 0 Å². The van der Waals surface area contributed by atoms with Crippen molar-refractivity contribution in [2.24, 2.45) is 0 Å². The van der Waals surface area contributed by atoms with E-state index in [-0.39, 0.29) is 17.7 Å². The van der Waals surface area contributed by atoms with Gasteiger partial charge in [0.1, 0.15) is 6.61 Å². The minimum absolute atomic E-state index is 0.0433. The highest BCUT2D eigenvalue weighted by Gasteiger charge is 2.23. The Labute approximate surface area is 181 Å². The van der Waals surface area contributed by atoms with Crippen LogP contribution >= 0.6 is 0 Å². The van der Waals surface area contributed by atoms with Crippen LogP contribution in [0.1, 0.15) is 37.5 Å². The first-order valence-electron chi connectivity index (χ1n) is 10.3. The molecule has 0 fully saturated rings. The van der Waals surface area contributed by atoms with Crippen LogP contribution in [0.2, 0.25) is 0 Å². The average molecular weight is 415 g/mol. The van der Waals surface area contributed by atoms with E-state index in [0.29, 0.717) is 21.3 Å². The van der Waals surface area contributed by atoms with Crippen molar-refractivity contribution in [3.8, 4) is 11.3 Å². The summed E-state index contributed by atoms with van der Waals surface area (Å²) in [5.41, 5.74) is 4.22. The number of benzene rings is 3. The normalized spacial score (nSPS) is 11.6. The first-order valence-corrected chi connectivity index (χ1v) is 10.3. The van der Waals surface area contributed by atoms with Gasteiger partial charge in [-0.3, -0.25) is 4.79 Å². The lowest BCUT2D eigenvalue weighted by molar-refractivity contribution is -0.566. The SMILES string of the molecule is Cc1ccc(-c2c(=O)n(OCc3ccc(C(C)(C)C)cc3)c3ccccc3[n+]2[O-])cc1. The standard InChI is InChI=1S/C26H26N2O3/c1-18-9-13-20(14-10-18)24-25(29)28(23-8-6-5-7-22(23)27(24)30)31-17-19-11-15-21(16-12-19)26(2,3)4/h5-16H,17H2,1-4H3. The van der Waals surface area contributed by atoms with Gasteiger partial charge in [-0.25, -0.2) is 0 Å². The summed E-state index contributed by atoms with van der Waals surface area (Å²) in [7, 11) is 0. The zero-order chi connectivity index (χ0) is 22.2. The number of para-hydroxylation sites is 2.